The van der Waals surface area contributed by atoms with E-state index in [0.29, 0.717) is 0 Å². The molecule has 2 fully saturated rings. The van der Waals surface area contributed by atoms with E-state index < -0.39 is 50.4 Å². The number of nitrogens with zero attached hydrogens (tertiary/aromatic N) is 1. The van der Waals surface area contributed by atoms with Crippen LogP contribution in [0.4, 0.5) is 19.3 Å². The Labute approximate surface area is 190 Å². The quantitative estimate of drug-likeness (QED) is 0.590. The highest BCUT2D eigenvalue weighted by Gasteiger charge is 2.53. The Morgan fingerprint density at radius 1 is 1.12 bits per heavy atom. The third kappa shape index (κ3) is 4.47. The lowest BCUT2D eigenvalue weighted by atomic mass is 9.78. The number of benzene rings is 1. The molecule has 0 aromatic heterocycles. The predicted octanol–water partition coefficient (Wildman–Crippen LogP) is 4.61. The molecule has 1 aromatic rings. The lowest BCUT2D eigenvalue weighted by molar-refractivity contribution is 0.00578. The largest absolute Gasteiger partial charge is 0.500 e. The molecule has 0 saturated carbocycles. The highest BCUT2D eigenvalue weighted by molar-refractivity contribution is 6.74. The fourth-order valence-corrected chi connectivity index (χ4v) is 4.36. The molecule has 6 nitrogen and oxygen atoms in total. The summed E-state index contributed by atoms with van der Waals surface area (Å²) >= 11 is 0. The van der Waals surface area contributed by atoms with E-state index in [9.17, 15) is 4.79 Å². The molecule has 2 heterocycles. The van der Waals surface area contributed by atoms with Crippen LogP contribution in [0, 0.1) is 11.6 Å². The standard InChI is InChI=1S/C22H34BF2NO5Si/c1-20(2,3)32(8,9)29-13-15-12-28-19(27)26(15)14-10-16(24)18(17(25)11-14)23-30-21(4,5)22(6,7)31-23/h10-11,15H,12-13H2,1-9H3/t15-/m1/s1. The van der Waals surface area contributed by atoms with E-state index in [1.807, 2.05) is 27.7 Å². The highest BCUT2D eigenvalue weighted by Crippen LogP contribution is 2.38. The average molecular weight is 469 g/mol. The van der Waals surface area contributed by atoms with Crippen LogP contribution in [0.5, 0.6) is 0 Å². The van der Waals surface area contributed by atoms with Crippen molar-refractivity contribution in [2.75, 3.05) is 18.1 Å². The number of rotatable bonds is 5. The van der Waals surface area contributed by atoms with Crippen molar-refractivity contribution in [2.24, 2.45) is 0 Å². The van der Waals surface area contributed by atoms with Crippen LogP contribution in [-0.4, -0.2) is 52.0 Å². The maximum Gasteiger partial charge on any atom is 0.500 e. The molecule has 1 atom stereocenters. The van der Waals surface area contributed by atoms with Crippen molar-refractivity contribution in [3.8, 4) is 0 Å². The number of carbonyl (C=O) groups is 1. The van der Waals surface area contributed by atoms with Gasteiger partial charge in [-0.3, -0.25) is 4.90 Å². The van der Waals surface area contributed by atoms with Gasteiger partial charge in [-0.2, -0.15) is 0 Å². The van der Waals surface area contributed by atoms with Gasteiger partial charge in [0, 0.05) is 0 Å². The Kier molecular flexibility index (Phi) is 6.34. The molecule has 10 heteroatoms. The Morgan fingerprint density at radius 3 is 2.09 bits per heavy atom. The SMILES string of the molecule is CC1(C)OB(c2c(F)cc(N3C(=O)OC[C@@H]3CO[Si](C)(C)C(C)(C)C)cc2F)OC1(C)C. The zero-order valence-corrected chi connectivity index (χ0v) is 21.5. The summed E-state index contributed by atoms with van der Waals surface area (Å²) in [6.07, 6.45) is -0.656. The van der Waals surface area contributed by atoms with E-state index in [4.69, 9.17) is 18.5 Å². The molecular weight excluding hydrogens is 435 g/mol. The number of cyclic esters (lactones) is 1. The van der Waals surface area contributed by atoms with Crippen molar-refractivity contribution in [1.29, 1.82) is 0 Å². The maximum atomic E-state index is 15.1. The number of carbonyl (C=O) groups excluding carboxylic acids is 1. The van der Waals surface area contributed by atoms with Crippen molar-refractivity contribution < 1.29 is 32.0 Å². The molecule has 1 amide bonds. The Morgan fingerprint density at radius 2 is 1.62 bits per heavy atom. The molecule has 32 heavy (non-hydrogen) atoms. The molecule has 178 valence electrons. The summed E-state index contributed by atoms with van der Waals surface area (Å²) in [5, 5.41) is -0.00992. The van der Waals surface area contributed by atoms with Crippen molar-refractivity contribution in [2.45, 2.75) is 83.8 Å². The first-order valence-electron chi connectivity index (χ1n) is 10.9. The maximum absolute atomic E-state index is 15.1. The first-order chi connectivity index (χ1) is 14.5. The van der Waals surface area contributed by atoms with Crippen LogP contribution in [0.1, 0.15) is 48.5 Å². The molecule has 2 saturated heterocycles. The van der Waals surface area contributed by atoms with Gasteiger partial charge in [0.25, 0.3) is 0 Å². The lowest BCUT2D eigenvalue weighted by Crippen LogP contribution is -2.46. The van der Waals surface area contributed by atoms with Crippen LogP contribution >= 0.6 is 0 Å². The van der Waals surface area contributed by atoms with E-state index in [1.54, 1.807) is 0 Å². The minimum Gasteiger partial charge on any atom is -0.447 e. The molecule has 2 aliphatic heterocycles. The van der Waals surface area contributed by atoms with Crippen molar-refractivity contribution in [1.82, 2.24) is 0 Å². The smallest absolute Gasteiger partial charge is 0.447 e. The second kappa shape index (κ2) is 8.07. The van der Waals surface area contributed by atoms with Gasteiger partial charge < -0.3 is 18.5 Å². The normalized spacial score (nSPS) is 23.1. The van der Waals surface area contributed by atoms with Gasteiger partial charge in [-0.1, -0.05) is 20.8 Å². The Balaban J connectivity index is 1.85. The van der Waals surface area contributed by atoms with Crippen LogP contribution in [0.25, 0.3) is 0 Å². The van der Waals surface area contributed by atoms with E-state index in [0.717, 1.165) is 12.1 Å². The van der Waals surface area contributed by atoms with Crippen molar-refractivity contribution in [3.63, 3.8) is 0 Å². The molecule has 1 aromatic carbocycles. The van der Waals surface area contributed by atoms with Gasteiger partial charge in [-0.15, -0.1) is 0 Å². The van der Waals surface area contributed by atoms with E-state index >= 15 is 8.78 Å². The molecule has 0 bridgehead atoms. The summed E-state index contributed by atoms with van der Waals surface area (Å²) in [4.78, 5) is 13.7. The van der Waals surface area contributed by atoms with Gasteiger partial charge in [0.1, 0.15) is 18.2 Å². The number of hydrogen-bond donors (Lipinski definition) is 0. The molecule has 0 spiro atoms. The summed E-state index contributed by atoms with van der Waals surface area (Å²) in [6, 6.07) is 1.77. The summed E-state index contributed by atoms with van der Waals surface area (Å²) in [5.74, 6) is -1.69. The van der Waals surface area contributed by atoms with E-state index in [2.05, 4.69) is 33.9 Å². The van der Waals surface area contributed by atoms with E-state index in [1.165, 1.54) is 4.90 Å². The highest BCUT2D eigenvalue weighted by atomic mass is 28.4. The van der Waals surface area contributed by atoms with Crippen LogP contribution in [0.15, 0.2) is 12.1 Å². The number of amides is 1. The molecular formula is C22H34BF2NO5Si. The van der Waals surface area contributed by atoms with Gasteiger partial charge in [0.2, 0.25) is 0 Å². The number of halogens is 2. The summed E-state index contributed by atoms with van der Waals surface area (Å²) in [7, 11) is -3.26. The zero-order chi connectivity index (χ0) is 24.3. The van der Waals surface area contributed by atoms with Gasteiger partial charge in [-0.25, -0.2) is 13.6 Å². The monoisotopic (exact) mass is 469 g/mol. The Hall–Kier alpha value is -1.49. The zero-order valence-electron chi connectivity index (χ0n) is 20.5. The number of anilines is 1. The van der Waals surface area contributed by atoms with Crippen LogP contribution in [0.2, 0.25) is 18.1 Å². The molecule has 2 aliphatic rings. The molecule has 0 unspecified atom stereocenters. The number of hydrogen-bond acceptors (Lipinski definition) is 5. The molecule has 0 N–H and O–H groups in total. The van der Waals surface area contributed by atoms with Gasteiger partial charge in [0.05, 0.1) is 35.0 Å². The van der Waals surface area contributed by atoms with Gasteiger partial charge in [-0.05, 0) is 58.0 Å². The van der Waals surface area contributed by atoms with Crippen molar-refractivity contribution in [3.05, 3.63) is 23.8 Å². The summed E-state index contributed by atoms with van der Waals surface area (Å²) < 4.78 is 53.2. The first kappa shape index (κ1) is 25.1. The molecule has 3 rings (SSSR count). The topological polar surface area (TPSA) is 57.2 Å². The second-order valence-electron chi connectivity index (χ2n) is 11.1. The van der Waals surface area contributed by atoms with Crippen LogP contribution < -0.4 is 10.4 Å². The van der Waals surface area contributed by atoms with E-state index in [-0.39, 0.29) is 29.4 Å². The second-order valence-corrected chi connectivity index (χ2v) is 15.9. The fourth-order valence-electron chi connectivity index (χ4n) is 3.32. The first-order valence-corrected chi connectivity index (χ1v) is 13.8. The minimum atomic E-state index is -2.08. The lowest BCUT2D eigenvalue weighted by Gasteiger charge is -2.37. The Bertz CT molecular complexity index is 864. The third-order valence-corrected chi connectivity index (χ3v) is 11.7. The minimum absolute atomic E-state index is 0.00992. The van der Waals surface area contributed by atoms with Crippen molar-refractivity contribution >= 4 is 32.7 Å². The van der Waals surface area contributed by atoms with Crippen LogP contribution in [0.3, 0.4) is 0 Å². The summed E-state index contributed by atoms with van der Waals surface area (Å²) in [5.41, 5.74) is -1.71. The average Bonchev–Trinajstić information content (AvgIpc) is 3.07. The molecule has 0 radical (unpaired) electrons. The summed E-state index contributed by atoms with van der Waals surface area (Å²) in [6.45, 7) is 18.1. The van der Waals surface area contributed by atoms with Crippen LogP contribution in [-0.2, 0) is 18.5 Å². The van der Waals surface area contributed by atoms with Gasteiger partial charge in [0.15, 0.2) is 8.32 Å². The fraction of sp³-hybridized carbons (Fsp3) is 0.682. The third-order valence-electron chi connectivity index (χ3n) is 7.23. The number of ether oxygens (including phenoxy) is 1. The predicted molar refractivity (Wildman–Crippen MR) is 123 cm³/mol. The molecule has 0 aliphatic carbocycles. The van der Waals surface area contributed by atoms with Gasteiger partial charge >= 0.3 is 13.2 Å².